The first-order valence-electron chi connectivity index (χ1n) is 8.06. The Labute approximate surface area is 154 Å². The van der Waals surface area contributed by atoms with Gasteiger partial charge in [-0.1, -0.05) is 49.0 Å². The van der Waals surface area contributed by atoms with E-state index in [0.717, 1.165) is 29.4 Å². The molecule has 0 atom stereocenters. The average molecular weight is 371 g/mol. The van der Waals surface area contributed by atoms with Crippen LogP contribution in [-0.2, 0) is 11.2 Å². The van der Waals surface area contributed by atoms with Crippen LogP contribution in [0.1, 0.15) is 12.5 Å². The van der Waals surface area contributed by atoms with E-state index in [9.17, 15) is 9.18 Å². The predicted octanol–water partition coefficient (Wildman–Crippen LogP) is 3.09. The minimum atomic E-state index is -0.433. The summed E-state index contributed by atoms with van der Waals surface area (Å²) in [6, 6.07) is 13.8. The molecular formula is C18H18FN5OS. The van der Waals surface area contributed by atoms with Crippen LogP contribution in [0.15, 0.2) is 53.7 Å². The number of halogens is 1. The number of nitrogens with two attached hydrogens (primary N) is 1. The molecule has 0 unspecified atom stereocenters. The number of aryl methyl sites for hydroxylation is 1. The van der Waals surface area contributed by atoms with E-state index in [1.54, 1.807) is 18.2 Å². The van der Waals surface area contributed by atoms with E-state index in [1.807, 2.05) is 31.2 Å². The fourth-order valence-corrected chi connectivity index (χ4v) is 3.13. The summed E-state index contributed by atoms with van der Waals surface area (Å²) in [5.74, 6) is 5.68. The van der Waals surface area contributed by atoms with Crippen LogP contribution >= 0.6 is 11.8 Å². The molecule has 0 bridgehead atoms. The third-order valence-corrected chi connectivity index (χ3v) is 4.73. The fourth-order valence-electron chi connectivity index (χ4n) is 2.47. The molecule has 0 fully saturated rings. The topological polar surface area (TPSA) is 85.8 Å². The van der Waals surface area contributed by atoms with E-state index in [1.165, 1.54) is 10.7 Å². The number of benzene rings is 2. The van der Waals surface area contributed by atoms with Crippen molar-refractivity contribution in [3.8, 4) is 11.4 Å². The number of nitrogens with zero attached hydrogens (tertiary/aromatic N) is 3. The molecule has 0 spiro atoms. The van der Waals surface area contributed by atoms with Crippen LogP contribution < -0.4 is 11.2 Å². The summed E-state index contributed by atoms with van der Waals surface area (Å²) in [7, 11) is 0. The summed E-state index contributed by atoms with van der Waals surface area (Å²) in [5.41, 5.74) is 2.12. The molecule has 134 valence electrons. The van der Waals surface area contributed by atoms with Gasteiger partial charge in [0.15, 0.2) is 5.82 Å². The van der Waals surface area contributed by atoms with Gasteiger partial charge in [0.1, 0.15) is 5.82 Å². The maximum Gasteiger partial charge on any atom is 0.234 e. The number of aromatic nitrogens is 3. The SMILES string of the molecule is CCc1ccccc1NC(=O)CSc1nnc(-c2ccccc2F)n1N. The largest absolute Gasteiger partial charge is 0.335 e. The smallest absolute Gasteiger partial charge is 0.234 e. The molecular weight excluding hydrogens is 353 g/mol. The van der Waals surface area contributed by atoms with Gasteiger partial charge in [-0.05, 0) is 30.2 Å². The minimum Gasteiger partial charge on any atom is -0.335 e. The third kappa shape index (κ3) is 3.85. The van der Waals surface area contributed by atoms with Gasteiger partial charge < -0.3 is 11.2 Å². The molecule has 0 aliphatic carbocycles. The lowest BCUT2D eigenvalue weighted by Crippen LogP contribution is -2.17. The van der Waals surface area contributed by atoms with Crippen LogP contribution in [0.2, 0.25) is 0 Å². The van der Waals surface area contributed by atoms with E-state index in [2.05, 4.69) is 15.5 Å². The van der Waals surface area contributed by atoms with Crippen molar-refractivity contribution < 1.29 is 9.18 Å². The van der Waals surface area contributed by atoms with Gasteiger partial charge in [-0.2, -0.15) is 0 Å². The molecule has 26 heavy (non-hydrogen) atoms. The Bertz CT molecular complexity index is 927. The van der Waals surface area contributed by atoms with Crippen molar-refractivity contribution in [2.75, 3.05) is 16.9 Å². The minimum absolute atomic E-state index is 0.116. The van der Waals surface area contributed by atoms with E-state index in [-0.39, 0.29) is 23.0 Å². The lowest BCUT2D eigenvalue weighted by Gasteiger charge is -2.09. The van der Waals surface area contributed by atoms with Gasteiger partial charge in [0.05, 0.1) is 11.3 Å². The number of thioether (sulfide) groups is 1. The summed E-state index contributed by atoms with van der Waals surface area (Å²) < 4.78 is 15.1. The summed E-state index contributed by atoms with van der Waals surface area (Å²) in [4.78, 5) is 12.2. The lowest BCUT2D eigenvalue weighted by molar-refractivity contribution is -0.113. The number of para-hydroxylation sites is 1. The average Bonchev–Trinajstić information content (AvgIpc) is 3.01. The van der Waals surface area contributed by atoms with Crippen LogP contribution in [-0.4, -0.2) is 26.5 Å². The van der Waals surface area contributed by atoms with Crippen LogP contribution in [0, 0.1) is 5.82 Å². The number of hydrogen-bond donors (Lipinski definition) is 2. The highest BCUT2D eigenvalue weighted by molar-refractivity contribution is 7.99. The number of rotatable bonds is 6. The van der Waals surface area contributed by atoms with Crippen LogP contribution in [0.4, 0.5) is 10.1 Å². The van der Waals surface area contributed by atoms with E-state index in [0.29, 0.717) is 5.16 Å². The Morgan fingerprint density at radius 2 is 1.92 bits per heavy atom. The molecule has 3 aromatic rings. The molecule has 2 aromatic carbocycles. The number of hydrogen-bond acceptors (Lipinski definition) is 5. The molecule has 0 saturated carbocycles. The van der Waals surface area contributed by atoms with E-state index in [4.69, 9.17) is 5.84 Å². The van der Waals surface area contributed by atoms with Crippen molar-refractivity contribution >= 4 is 23.4 Å². The number of carbonyl (C=O) groups excluding carboxylic acids is 1. The third-order valence-electron chi connectivity index (χ3n) is 3.78. The van der Waals surface area contributed by atoms with Crippen LogP contribution in [0.25, 0.3) is 11.4 Å². The summed E-state index contributed by atoms with van der Waals surface area (Å²) >= 11 is 1.14. The molecule has 1 aromatic heterocycles. The van der Waals surface area contributed by atoms with Crippen molar-refractivity contribution in [2.24, 2.45) is 0 Å². The Hall–Kier alpha value is -2.87. The van der Waals surface area contributed by atoms with Gasteiger partial charge in [0, 0.05) is 5.69 Å². The molecule has 0 aliphatic rings. The molecule has 3 rings (SSSR count). The molecule has 0 aliphatic heterocycles. The molecule has 0 radical (unpaired) electrons. The van der Waals surface area contributed by atoms with Gasteiger partial charge in [0.25, 0.3) is 0 Å². The molecule has 8 heteroatoms. The van der Waals surface area contributed by atoms with Crippen LogP contribution in [0.5, 0.6) is 0 Å². The Morgan fingerprint density at radius 3 is 2.69 bits per heavy atom. The quantitative estimate of drug-likeness (QED) is 0.514. The van der Waals surface area contributed by atoms with Gasteiger partial charge in [0.2, 0.25) is 11.1 Å². The number of amides is 1. The summed E-state index contributed by atoms with van der Waals surface area (Å²) in [6.45, 7) is 2.03. The summed E-state index contributed by atoms with van der Waals surface area (Å²) in [5, 5.41) is 11.1. The number of nitrogen functional groups attached to an aromatic ring is 1. The number of nitrogens with one attached hydrogen (secondary N) is 1. The number of anilines is 1. The lowest BCUT2D eigenvalue weighted by atomic mass is 10.1. The first-order chi connectivity index (χ1) is 12.6. The fraction of sp³-hybridized carbons (Fsp3) is 0.167. The molecule has 3 N–H and O–H groups in total. The zero-order chi connectivity index (χ0) is 18.5. The van der Waals surface area contributed by atoms with Crippen molar-refractivity contribution in [3.05, 3.63) is 59.9 Å². The highest BCUT2D eigenvalue weighted by atomic mass is 32.2. The maximum atomic E-state index is 13.9. The Morgan fingerprint density at radius 1 is 1.19 bits per heavy atom. The zero-order valence-corrected chi connectivity index (χ0v) is 15.0. The summed E-state index contributed by atoms with van der Waals surface area (Å²) in [6.07, 6.45) is 0.826. The number of carbonyl (C=O) groups is 1. The van der Waals surface area contributed by atoms with Crippen LogP contribution in [0.3, 0.4) is 0 Å². The molecule has 1 amide bonds. The van der Waals surface area contributed by atoms with Gasteiger partial charge in [-0.3, -0.25) is 4.79 Å². The monoisotopic (exact) mass is 371 g/mol. The Balaban J connectivity index is 1.67. The van der Waals surface area contributed by atoms with Crippen molar-refractivity contribution in [1.29, 1.82) is 0 Å². The first kappa shape index (κ1) is 17.9. The van der Waals surface area contributed by atoms with Gasteiger partial charge >= 0.3 is 0 Å². The van der Waals surface area contributed by atoms with E-state index >= 15 is 0 Å². The normalized spacial score (nSPS) is 10.7. The predicted molar refractivity (Wildman–Crippen MR) is 101 cm³/mol. The van der Waals surface area contributed by atoms with Crippen molar-refractivity contribution in [3.63, 3.8) is 0 Å². The highest BCUT2D eigenvalue weighted by Gasteiger charge is 2.16. The standard InChI is InChI=1S/C18H18FN5OS/c1-2-12-7-3-6-10-15(12)21-16(25)11-26-18-23-22-17(24(18)20)13-8-4-5-9-14(13)19/h3-10H,2,11,20H2,1H3,(H,21,25). The van der Waals surface area contributed by atoms with Gasteiger partial charge in [-0.25, -0.2) is 9.07 Å². The van der Waals surface area contributed by atoms with Gasteiger partial charge in [-0.15, -0.1) is 10.2 Å². The maximum absolute atomic E-state index is 13.9. The molecule has 0 saturated heterocycles. The second-order valence-electron chi connectivity index (χ2n) is 5.50. The van der Waals surface area contributed by atoms with Crippen molar-refractivity contribution in [2.45, 2.75) is 18.5 Å². The van der Waals surface area contributed by atoms with Crippen molar-refractivity contribution in [1.82, 2.24) is 14.9 Å². The first-order valence-corrected chi connectivity index (χ1v) is 9.04. The zero-order valence-electron chi connectivity index (χ0n) is 14.1. The highest BCUT2D eigenvalue weighted by Crippen LogP contribution is 2.24. The second-order valence-corrected chi connectivity index (χ2v) is 6.45. The molecule has 6 nitrogen and oxygen atoms in total. The Kier molecular flexibility index (Phi) is 5.52. The second kappa shape index (κ2) is 8.01. The molecule has 1 heterocycles. The van der Waals surface area contributed by atoms with E-state index < -0.39 is 5.82 Å².